The molecular weight excluding hydrogens is 220 g/mol. The highest BCUT2D eigenvalue weighted by molar-refractivity contribution is 6.29. The van der Waals surface area contributed by atoms with E-state index in [1.807, 2.05) is 0 Å². The van der Waals surface area contributed by atoms with E-state index in [-0.39, 0.29) is 17.0 Å². The molecule has 0 aliphatic heterocycles. The van der Waals surface area contributed by atoms with Crippen molar-refractivity contribution in [3.63, 3.8) is 0 Å². The van der Waals surface area contributed by atoms with E-state index in [2.05, 4.69) is 9.97 Å². The lowest BCUT2D eigenvalue weighted by molar-refractivity contribution is 0.0114. The number of rotatable bonds is 4. The zero-order valence-electron chi connectivity index (χ0n) is 8.44. The number of hydrogen-bond acceptors (Lipinski definition) is 5. The minimum absolute atomic E-state index is 0.127. The zero-order chi connectivity index (χ0) is 11.3. The lowest BCUT2D eigenvalue weighted by atomic mass is 10.4. The molecule has 0 saturated heterocycles. The van der Waals surface area contributed by atoms with Crippen LogP contribution in [0.1, 0.15) is 17.4 Å². The fraction of sp³-hybridized carbons (Fsp3) is 0.444. The number of halogens is 1. The summed E-state index contributed by atoms with van der Waals surface area (Å²) in [4.78, 5) is 18.9. The second-order valence-corrected chi connectivity index (χ2v) is 3.28. The van der Waals surface area contributed by atoms with Gasteiger partial charge in [0.2, 0.25) is 0 Å². The number of methoxy groups -OCH3 is 1. The van der Waals surface area contributed by atoms with E-state index in [0.717, 1.165) is 0 Å². The topological polar surface area (TPSA) is 61.3 Å². The molecular formula is C9H11ClN2O3. The molecule has 82 valence electrons. The van der Waals surface area contributed by atoms with Crippen LogP contribution in [0.5, 0.6) is 0 Å². The molecule has 0 N–H and O–H groups in total. The first-order valence-corrected chi connectivity index (χ1v) is 4.68. The molecule has 1 unspecified atom stereocenters. The van der Waals surface area contributed by atoms with Crippen LogP contribution >= 0.6 is 11.6 Å². The van der Waals surface area contributed by atoms with Crippen molar-refractivity contribution < 1.29 is 14.3 Å². The van der Waals surface area contributed by atoms with Crippen molar-refractivity contribution in [2.45, 2.75) is 13.0 Å². The number of carbonyl (C=O) groups excluding carboxylic acids is 1. The molecule has 0 spiro atoms. The number of aromatic nitrogens is 2. The van der Waals surface area contributed by atoms with Gasteiger partial charge >= 0.3 is 5.97 Å². The van der Waals surface area contributed by atoms with Crippen molar-refractivity contribution in [3.8, 4) is 0 Å². The predicted molar refractivity (Wildman–Crippen MR) is 53.8 cm³/mol. The summed E-state index contributed by atoms with van der Waals surface area (Å²) in [7, 11) is 1.53. The Morgan fingerprint density at radius 3 is 2.80 bits per heavy atom. The first kappa shape index (κ1) is 11.9. The Kier molecular flexibility index (Phi) is 4.45. The average molecular weight is 231 g/mol. The van der Waals surface area contributed by atoms with Gasteiger partial charge in [-0.15, -0.1) is 0 Å². The van der Waals surface area contributed by atoms with Crippen molar-refractivity contribution in [2.75, 3.05) is 13.7 Å². The van der Waals surface area contributed by atoms with Crippen LogP contribution in [0.25, 0.3) is 0 Å². The van der Waals surface area contributed by atoms with Crippen LogP contribution in [0.15, 0.2) is 12.4 Å². The second kappa shape index (κ2) is 5.63. The molecule has 0 aliphatic rings. The van der Waals surface area contributed by atoms with Gasteiger partial charge < -0.3 is 9.47 Å². The number of hydrogen-bond donors (Lipinski definition) is 0. The van der Waals surface area contributed by atoms with Crippen LogP contribution in [-0.2, 0) is 9.47 Å². The Hall–Kier alpha value is -1.20. The highest BCUT2D eigenvalue weighted by Gasteiger charge is 2.13. The normalized spacial score (nSPS) is 12.2. The zero-order valence-corrected chi connectivity index (χ0v) is 9.19. The molecule has 0 amide bonds. The monoisotopic (exact) mass is 230 g/mol. The van der Waals surface area contributed by atoms with Gasteiger partial charge in [0.15, 0.2) is 5.69 Å². The van der Waals surface area contributed by atoms with E-state index < -0.39 is 5.97 Å². The Morgan fingerprint density at radius 2 is 2.27 bits per heavy atom. The maximum Gasteiger partial charge on any atom is 0.358 e. The summed E-state index contributed by atoms with van der Waals surface area (Å²) in [5.41, 5.74) is 0.127. The molecule has 0 bridgehead atoms. The molecule has 1 atom stereocenters. The Morgan fingerprint density at radius 1 is 1.53 bits per heavy atom. The van der Waals surface area contributed by atoms with E-state index in [1.54, 1.807) is 6.92 Å². The van der Waals surface area contributed by atoms with Crippen molar-refractivity contribution in [3.05, 3.63) is 23.2 Å². The van der Waals surface area contributed by atoms with Crippen LogP contribution in [0.3, 0.4) is 0 Å². The standard InChI is InChI=1S/C9H11ClN2O3/c1-6(5-14-2)15-9(13)7-3-12-8(10)4-11-7/h3-4,6H,5H2,1-2H3. The molecule has 1 rings (SSSR count). The van der Waals surface area contributed by atoms with E-state index in [9.17, 15) is 4.79 Å². The van der Waals surface area contributed by atoms with Crippen LogP contribution < -0.4 is 0 Å². The quantitative estimate of drug-likeness (QED) is 0.730. The predicted octanol–water partition coefficient (Wildman–Crippen LogP) is 1.32. The maximum atomic E-state index is 11.4. The van der Waals surface area contributed by atoms with Gasteiger partial charge in [0.25, 0.3) is 0 Å². The third-order valence-electron chi connectivity index (χ3n) is 1.54. The minimum Gasteiger partial charge on any atom is -0.455 e. The number of carbonyl (C=O) groups is 1. The lowest BCUT2D eigenvalue weighted by Crippen LogP contribution is -2.20. The number of esters is 1. The molecule has 0 aromatic carbocycles. The van der Waals surface area contributed by atoms with Gasteiger partial charge in [-0.3, -0.25) is 0 Å². The van der Waals surface area contributed by atoms with Crippen LogP contribution in [0.4, 0.5) is 0 Å². The molecule has 15 heavy (non-hydrogen) atoms. The van der Waals surface area contributed by atoms with Gasteiger partial charge in [0.1, 0.15) is 11.3 Å². The Bertz CT molecular complexity index is 329. The molecule has 0 aliphatic carbocycles. The summed E-state index contributed by atoms with van der Waals surface area (Å²) in [5, 5.41) is 0.233. The van der Waals surface area contributed by atoms with Crippen molar-refractivity contribution in [2.24, 2.45) is 0 Å². The first-order chi connectivity index (χ1) is 7.13. The van der Waals surface area contributed by atoms with Gasteiger partial charge in [0.05, 0.1) is 19.0 Å². The molecule has 0 fully saturated rings. The Labute approximate surface area is 92.4 Å². The lowest BCUT2D eigenvalue weighted by Gasteiger charge is -2.11. The summed E-state index contributed by atoms with van der Waals surface area (Å²) in [5.74, 6) is -0.538. The van der Waals surface area contributed by atoms with E-state index >= 15 is 0 Å². The summed E-state index contributed by atoms with van der Waals surface area (Å²) >= 11 is 5.53. The highest BCUT2D eigenvalue weighted by atomic mass is 35.5. The van der Waals surface area contributed by atoms with Gasteiger partial charge in [0, 0.05) is 7.11 Å². The molecule has 1 aromatic rings. The molecule has 0 saturated carbocycles. The van der Waals surface area contributed by atoms with Gasteiger partial charge in [-0.1, -0.05) is 11.6 Å². The average Bonchev–Trinajstić information content (AvgIpc) is 2.18. The SMILES string of the molecule is COCC(C)OC(=O)c1cnc(Cl)cn1. The molecule has 0 radical (unpaired) electrons. The molecule has 5 nitrogen and oxygen atoms in total. The highest BCUT2D eigenvalue weighted by Crippen LogP contribution is 2.04. The van der Waals surface area contributed by atoms with Crippen molar-refractivity contribution >= 4 is 17.6 Å². The van der Waals surface area contributed by atoms with Gasteiger partial charge in [-0.25, -0.2) is 14.8 Å². The van der Waals surface area contributed by atoms with Gasteiger partial charge in [-0.2, -0.15) is 0 Å². The van der Waals surface area contributed by atoms with E-state index in [4.69, 9.17) is 21.1 Å². The summed E-state index contributed by atoms with van der Waals surface area (Å²) in [6, 6.07) is 0. The summed E-state index contributed by atoms with van der Waals surface area (Å²) in [6.45, 7) is 2.07. The molecule has 1 aromatic heterocycles. The van der Waals surface area contributed by atoms with Crippen LogP contribution in [-0.4, -0.2) is 35.8 Å². The summed E-state index contributed by atoms with van der Waals surface area (Å²) in [6.07, 6.45) is 2.24. The smallest absolute Gasteiger partial charge is 0.358 e. The Balaban J connectivity index is 2.57. The fourth-order valence-electron chi connectivity index (χ4n) is 0.930. The van der Waals surface area contributed by atoms with Crippen molar-refractivity contribution in [1.29, 1.82) is 0 Å². The number of nitrogens with zero attached hydrogens (tertiary/aromatic N) is 2. The summed E-state index contributed by atoms with van der Waals surface area (Å²) < 4.78 is 9.83. The van der Waals surface area contributed by atoms with Crippen LogP contribution in [0, 0.1) is 0 Å². The maximum absolute atomic E-state index is 11.4. The van der Waals surface area contributed by atoms with Crippen LogP contribution in [0.2, 0.25) is 5.15 Å². The largest absolute Gasteiger partial charge is 0.455 e. The van der Waals surface area contributed by atoms with Gasteiger partial charge in [-0.05, 0) is 6.92 Å². The molecule has 6 heteroatoms. The second-order valence-electron chi connectivity index (χ2n) is 2.90. The third kappa shape index (κ3) is 3.81. The first-order valence-electron chi connectivity index (χ1n) is 4.31. The fourth-order valence-corrected chi connectivity index (χ4v) is 1.03. The molecule has 1 heterocycles. The van der Waals surface area contributed by atoms with E-state index in [0.29, 0.717) is 6.61 Å². The number of ether oxygens (including phenoxy) is 2. The van der Waals surface area contributed by atoms with E-state index in [1.165, 1.54) is 19.5 Å². The van der Waals surface area contributed by atoms with Crippen molar-refractivity contribution in [1.82, 2.24) is 9.97 Å². The minimum atomic E-state index is -0.538. The third-order valence-corrected chi connectivity index (χ3v) is 1.73.